The first-order valence-corrected chi connectivity index (χ1v) is 14.6. The van der Waals surface area contributed by atoms with Gasteiger partial charge in [-0.2, -0.15) is 4.31 Å². The molecule has 0 aromatic carbocycles. The Kier molecular flexibility index (Phi) is 8.69. The van der Waals surface area contributed by atoms with Gasteiger partial charge < -0.3 is 34.5 Å². The molecule has 2 aliphatic heterocycles. The first-order chi connectivity index (χ1) is 17.8. The van der Waals surface area contributed by atoms with Crippen LogP contribution in [0.2, 0.25) is 0 Å². The number of anilines is 1. The summed E-state index contributed by atoms with van der Waals surface area (Å²) in [6, 6.07) is 4.71. The van der Waals surface area contributed by atoms with Crippen LogP contribution in [-0.2, 0) is 29.2 Å². The van der Waals surface area contributed by atoms with Gasteiger partial charge in [0.2, 0.25) is 0 Å². The van der Waals surface area contributed by atoms with Crippen LogP contribution in [0.25, 0.3) is 0 Å². The number of pyridine rings is 1. The van der Waals surface area contributed by atoms with Crippen molar-refractivity contribution in [3.8, 4) is 0 Å². The highest BCUT2D eigenvalue weighted by molar-refractivity contribution is 7.60. The average Bonchev–Trinajstić information content (AvgIpc) is 3.13. The van der Waals surface area contributed by atoms with Crippen LogP contribution in [0.3, 0.4) is 0 Å². The Labute approximate surface area is 215 Å². The van der Waals surface area contributed by atoms with Crippen molar-refractivity contribution in [3.63, 3.8) is 0 Å². The van der Waals surface area contributed by atoms with E-state index in [1.54, 1.807) is 12.3 Å². The molecule has 0 saturated carbocycles. The van der Waals surface area contributed by atoms with Crippen molar-refractivity contribution in [1.29, 1.82) is 0 Å². The van der Waals surface area contributed by atoms with Gasteiger partial charge in [0.25, 0.3) is 5.56 Å². The lowest BCUT2D eigenvalue weighted by Crippen LogP contribution is -2.43. The topological polar surface area (TPSA) is 223 Å². The maximum atomic E-state index is 13.2. The summed E-state index contributed by atoms with van der Waals surface area (Å²) in [5, 5.41) is 20.8. The molecule has 18 heteroatoms. The predicted molar refractivity (Wildman–Crippen MR) is 129 cm³/mol. The van der Waals surface area contributed by atoms with Gasteiger partial charge in [0, 0.05) is 37.2 Å². The third kappa shape index (κ3) is 6.85. The second-order valence-corrected chi connectivity index (χ2v) is 11.7. The quantitative estimate of drug-likeness (QED) is 0.232. The summed E-state index contributed by atoms with van der Waals surface area (Å²) in [5.74, 6) is 0. The number of nitrogens with zero attached hydrogens (tertiary/aromatic N) is 4. The molecule has 5 atom stereocenters. The monoisotopic (exact) mass is 578 g/mol. The molecule has 0 spiro atoms. The number of phosphoric ester groups is 1. The number of ether oxygens (including phenoxy) is 1. The van der Waals surface area contributed by atoms with Crippen molar-refractivity contribution >= 4 is 21.3 Å². The fourth-order valence-corrected chi connectivity index (χ4v) is 5.95. The van der Waals surface area contributed by atoms with Crippen LogP contribution in [0.4, 0.5) is 5.69 Å². The molecule has 4 rings (SSSR count). The highest BCUT2D eigenvalue weighted by atomic mass is 31.3. The number of rotatable bonds is 9. The van der Waals surface area contributed by atoms with Crippen LogP contribution in [0.1, 0.15) is 31.2 Å². The van der Waals surface area contributed by atoms with Crippen LogP contribution in [0.5, 0.6) is 0 Å². The number of piperidine rings is 1. The Morgan fingerprint density at radius 2 is 1.76 bits per heavy atom. The van der Waals surface area contributed by atoms with Crippen LogP contribution in [0.15, 0.2) is 40.2 Å². The average molecular weight is 578 g/mol. The number of hydrogen-bond acceptors (Lipinski definition) is 11. The van der Waals surface area contributed by atoms with Gasteiger partial charge in [0.15, 0.2) is 6.23 Å². The van der Waals surface area contributed by atoms with E-state index in [9.17, 15) is 33.8 Å². The predicted octanol–water partition coefficient (Wildman–Crippen LogP) is -0.711. The molecule has 0 amide bonds. The van der Waals surface area contributed by atoms with Crippen molar-refractivity contribution in [2.24, 2.45) is 0 Å². The van der Waals surface area contributed by atoms with Gasteiger partial charge >= 0.3 is 21.3 Å². The van der Waals surface area contributed by atoms with Gasteiger partial charge in [-0.3, -0.25) is 23.4 Å². The van der Waals surface area contributed by atoms with Gasteiger partial charge in [-0.25, -0.2) is 13.9 Å². The third-order valence-electron chi connectivity index (χ3n) is 6.16. The molecular formula is C20H28N4O12P2. The van der Waals surface area contributed by atoms with Gasteiger partial charge in [0.05, 0.1) is 18.8 Å². The van der Waals surface area contributed by atoms with Gasteiger partial charge in [-0.15, -0.1) is 0 Å². The van der Waals surface area contributed by atoms with E-state index in [0.29, 0.717) is 5.69 Å². The van der Waals surface area contributed by atoms with Crippen molar-refractivity contribution in [1.82, 2.24) is 14.1 Å². The molecule has 210 valence electrons. The molecule has 4 heterocycles. The van der Waals surface area contributed by atoms with Crippen molar-refractivity contribution < 1.29 is 47.6 Å². The lowest BCUT2D eigenvalue weighted by molar-refractivity contribution is -0.0547. The number of aromatic nitrogens is 3. The molecule has 38 heavy (non-hydrogen) atoms. The lowest BCUT2D eigenvalue weighted by Gasteiger charge is -2.29. The molecular weight excluding hydrogens is 550 g/mol. The van der Waals surface area contributed by atoms with Crippen molar-refractivity contribution in [2.75, 3.05) is 24.6 Å². The largest absolute Gasteiger partial charge is 0.481 e. The first-order valence-electron chi connectivity index (χ1n) is 11.6. The Morgan fingerprint density at radius 1 is 1.05 bits per heavy atom. The third-order valence-corrected chi connectivity index (χ3v) is 8.31. The zero-order valence-electron chi connectivity index (χ0n) is 19.9. The zero-order chi connectivity index (χ0) is 27.7. The Balaban J connectivity index is 1.52. The Morgan fingerprint density at radius 3 is 2.45 bits per heavy atom. The summed E-state index contributed by atoms with van der Waals surface area (Å²) in [6.07, 6.45) is -0.534. The van der Waals surface area contributed by atoms with Gasteiger partial charge in [-0.1, -0.05) is 0 Å². The normalized spacial score (nSPS) is 25.9. The molecule has 2 saturated heterocycles. The minimum Gasteiger partial charge on any atom is -0.387 e. The maximum absolute atomic E-state index is 13.2. The summed E-state index contributed by atoms with van der Waals surface area (Å²) in [4.78, 5) is 59.0. The van der Waals surface area contributed by atoms with Gasteiger partial charge in [-0.05, 0) is 31.4 Å². The molecule has 0 radical (unpaired) electrons. The summed E-state index contributed by atoms with van der Waals surface area (Å²) >= 11 is 0. The molecule has 2 aromatic rings. The van der Waals surface area contributed by atoms with E-state index in [-0.39, 0.29) is 6.54 Å². The second kappa shape index (κ2) is 11.5. The standard InChI is InChI=1S/C20H28N4O12P2/c25-16-5-9-23(19-18(27)17(26)15(35-19)12-34-38(32,33)36-37(29,30)31)20(28)24(16)11-13-10-14(4-6-21-13)22-7-2-1-3-8-22/h4-6,9-10,15,17-19,26-27H,1-3,7-8,11-12H2,(H,32,33)(H2,29,30,31)/t15-,17?,18?,19-/m1/s1. The van der Waals surface area contributed by atoms with E-state index < -0.39 is 58.0 Å². The summed E-state index contributed by atoms with van der Waals surface area (Å²) in [5.41, 5.74) is -0.144. The van der Waals surface area contributed by atoms with E-state index in [4.69, 9.17) is 14.5 Å². The molecule has 2 fully saturated rings. The molecule has 16 nitrogen and oxygen atoms in total. The number of hydrogen-bond donors (Lipinski definition) is 5. The van der Waals surface area contributed by atoms with E-state index >= 15 is 0 Å². The van der Waals surface area contributed by atoms with Crippen LogP contribution >= 0.6 is 15.6 Å². The Bertz CT molecular complexity index is 1350. The van der Waals surface area contributed by atoms with E-state index in [1.807, 2.05) is 6.07 Å². The Hall–Kier alpha value is -2.23. The van der Waals surface area contributed by atoms with Crippen molar-refractivity contribution in [2.45, 2.75) is 50.3 Å². The number of aliphatic hydroxyl groups is 2. The van der Waals surface area contributed by atoms with E-state index in [0.717, 1.165) is 59.4 Å². The lowest BCUT2D eigenvalue weighted by atomic mass is 10.1. The zero-order valence-corrected chi connectivity index (χ0v) is 21.7. The summed E-state index contributed by atoms with van der Waals surface area (Å²) in [6.45, 7) is 0.682. The fraction of sp³-hybridized carbons (Fsp3) is 0.550. The second-order valence-electron chi connectivity index (χ2n) is 8.87. The van der Waals surface area contributed by atoms with Crippen LogP contribution in [-0.4, -0.2) is 77.0 Å². The molecule has 3 unspecified atom stereocenters. The summed E-state index contributed by atoms with van der Waals surface area (Å²) in [7, 11) is -10.6. The molecule has 2 aliphatic rings. The van der Waals surface area contributed by atoms with Crippen LogP contribution in [0, 0.1) is 0 Å². The number of aliphatic hydroxyl groups excluding tert-OH is 2. The van der Waals surface area contributed by atoms with E-state index in [1.165, 1.54) is 0 Å². The minimum atomic E-state index is -5.37. The minimum absolute atomic E-state index is 0.175. The highest BCUT2D eigenvalue weighted by Gasteiger charge is 2.46. The molecule has 2 aromatic heterocycles. The smallest absolute Gasteiger partial charge is 0.387 e. The summed E-state index contributed by atoms with van der Waals surface area (Å²) < 4.78 is 37.8. The SMILES string of the molecule is O=c1ccn([C@@H]2O[C@H](COP(=O)(O)OP(=O)(O)O)C(O)C2O)c(=O)n1Cc1cc(N2CCCCC2)ccn1. The van der Waals surface area contributed by atoms with E-state index in [2.05, 4.69) is 18.7 Å². The molecule has 5 N–H and O–H groups in total. The fourth-order valence-electron chi connectivity index (χ4n) is 4.36. The first kappa shape index (κ1) is 28.8. The highest BCUT2D eigenvalue weighted by Crippen LogP contribution is 2.57. The van der Waals surface area contributed by atoms with Gasteiger partial charge in [0.1, 0.15) is 18.3 Å². The maximum Gasteiger partial charge on any atom is 0.481 e. The molecule has 0 aliphatic carbocycles. The molecule has 0 bridgehead atoms. The van der Waals surface area contributed by atoms with Crippen LogP contribution < -0.4 is 16.1 Å². The van der Waals surface area contributed by atoms with Crippen molar-refractivity contribution in [3.05, 3.63) is 57.1 Å². The number of phosphoric acid groups is 2.